The Labute approximate surface area is 129 Å². The van der Waals surface area contributed by atoms with E-state index in [-0.39, 0.29) is 0 Å². The van der Waals surface area contributed by atoms with Crippen molar-refractivity contribution in [3.63, 3.8) is 0 Å². The molecular formula is C16H19N5O. The molecule has 6 heteroatoms. The van der Waals surface area contributed by atoms with Gasteiger partial charge in [0.2, 0.25) is 5.96 Å². The lowest BCUT2D eigenvalue weighted by molar-refractivity contribution is 0.231. The van der Waals surface area contributed by atoms with E-state index in [2.05, 4.69) is 27.1 Å². The molecule has 1 heterocycles. The number of rotatable bonds is 5. The zero-order valence-corrected chi connectivity index (χ0v) is 12.5. The van der Waals surface area contributed by atoms with Crippen molar-refractivity contribution in [1.29, 1.82) is 0 Å². The lowest BCUT2D eigenvalue weighted by Gasteiger charge is -2.07. The molecule has 0 spiro atoms. The topological polar surface area (TPSA) is 84.4 Å². The monoisotopic (exact) mass is 297 g/mol. The molecule has 1 aliphatic heterocycles. The van der Waals surface area contributed by atoms with Gasteiger partial charge in [-0.3, -0.25) is 5.43 Å². The number of nitrogens with one attached hydrogen (secondary N) is 1. The molecule has 0 fully saturated rings. The average molecular weight is 297 g/mol. The predicted octanol–water partition coefficient (Wildman–Crippen LogP) is 2.16. The Bertz CT molecular complexity index is 644. The lowest BCUT2D eigenvalue weighted by Crippen LogP contribution is -2.29. The van der Waals surface area contributed by atoms with Crippen LogP contribution in [0.15, 0.2) is 70.0 Å². The Morgan fingerprint density at radius 3 is 2.86 bits per heavy atom. The molecule has 0 bridgehead atoms. The largest absolute Gasteiger partial charge is 0.362 e. The van der Waals surface area contributed by atoms with Crippen LogP contribution in [0, 0.1) is 0 Å². The molecule has 0 aliphatic carbocycles. The maximum absolute atomic E-state index is 5.39. The highest BCUT2D eigenvalue weighted by Gasteiger charge is 2.10. The van der Waals surface area contributed by atoms with Crippen LogP contribution in [0.5, 0.6) is 0 Å². The lowest BCUT2D eigenvalue weighted by atomic mass is 10.0. The fourth-order valence-corrected chi connectivity index (χ4v) is 1.84. The van der Waals surface area contributed by atoms with Crippen LogP contribution in [-0.2, 0) is 4.84 Å². The van der Waals surface area contributed by atoms with Gasteiger partial charge in [0, 0.05) is 6.42 Å². The number of hydrogen-bond donors (Lipinski definition) is 2. The summed E-state index contributed by atoms with van der Waals surface area (Å²) in [5, 5.41) is 4.18. The van der Waals surface area contributed by atoms with Gasteiger partial charge in [-0.25, -0.2) is 15.8 Å². The minimum absolute atomic E-state index is 0.397. The summed E-state index contributed by atoms with van der Waals surface area (Å²) in [7, 11) is 0. The number of nitrogens with two attached hydrogens (primary N) is 1. The molecule has 0 saturated carbocycles. The maximum Gasteiger partial charge on any atom is 0.232 e. The normalized spacial score (nSPS) is 14.7. The van der Waals surface area contributed by atoms with Gasteiger partial charge in [-0.1, -0.05) is 48.1 Å². The molecule has 0 unspecified atom stereocenters. The molecule has 2 rings (SSSR count). The van der Waals surface area contributed by atoms with Gasteiger partial charge in [-0.15, -0.1) is 0 Å². The Hall–Kier alpha value is -2.73. The minimum atomic E-state index is 0.397. The van der Waals surface area contributed by atoms with Crippen molar-refractivity contribution in [3.05, 3.63) is 60.4 Å². The van der Waals surface area contributed by atoms with Crippen LogP contribution < -0.4 is 11.3 Å². The molecule has 0 radical (unpaired) electrons. The van der Waals surface area contributed by atoms with Crippen LogP contribution in [0.4, 0.5) is 0 Å². The van der Waals surface area contributed by atoms with E-state index < -0.39 is 0 Å². The quantitative estimate of drug-likeness (QED) is 0.378. The van der Waals surface area contributed by atoms with E-state index >= 15 is 0 Å². The Morgan fingerprint density at radius 2 is 2.18 bits per heavy atom. The third kappa shape index (κ3) is 4.68. The van der Waals surface area contributed by atoms with Crippen molar-refractivity contribution in [3.8, 4) is 0 Å². The van der Waals surface area contributed by atoms with E-state index in [1.54, 1.807) is 6.92 Å². The number of oxime groups is 1. The van der Waals surface area contributed by atoms with E-state index in [0.717, 1.165) is 17.0 Å². The van der Waals surface area contributed by atoms with Crippen molar-refractivity contribution in [2.24, 2.45) is 21.0 Å². The van der Waals surface area contributed by atoms with E-state index in [1.807, 2.05) is 42.5 Å². The van der Waals surface area contributed by atoms with E-state index in [4.69, 9.17) is 10.7 Å². The zero-order valence-electron chi connectivity index (χ0n) is 12.5. The molecule has 6 nitrogen and oxygen atoms in total. The van der Waals surface area contributed by atoms with Gasteiger partial charge in [0.1, 0.15) is 5.76 Å². The Morgan fingerprint density at radius 1 is 1.41 bits per heavy atom. The average Bonchev–Trinajstić information content (AvgIpc) is 2.77. The molecule has 1 aromatic carbocycles. The van der Waals surface area contributed by atoms with Gasteiger partial charge in [-0.2, -0.15) is 0 Å². The zero-order chi connectivity index (χ0) is 15.8. The first-order valence-corrected chi connectivity index (χ1v) is 6.89. The minimum Gasteiger partial charge on any atom is -0.362 e. The summed E-state index contributed by atoms with van der Waals surface area (Å²) in [5.41, 5.74) is 4.98. The SMILES string of the molecule is C=C(C)O/N=C(\CC1=NC(NN)=NCC=C1)c1ccccc1. The first-order chi connectivity index (χ1) is 10.7. The summed E-state index contributed by atoms with van der Waals surface area (Å²) in [6, 6.07) is 9.79. The van der Waals surface area contributed by atoms with Crippen molar-refractivity contribution in [2.75, 3.05) is 6.54 Å². The van der Waals surface area contributed by atoms with Crippen LogP contribution in [0.1, 0.15) is 18.9 Å². The predicted molar refractivity (Wildman–Crippen MR) is 89.7 cm³/mol. The highest BCUT2D eigenvalue weighted by atomic mass is 16.6. The smallest absolute Gasteiger partial charge is 0.232 e. The Kier molecular flexibility index (Phi) is 5.62. The fraction of sp³-hybridized carbons (Fsp3) is 0.188. The molecule has 1 aromatic rings. The summed E-state index contributed by atoms with van der Waals surface area (Å²) >= 11 is 0. The molecule has 0 saturated heterocycles. The molecule has 22 heavy (non-hydrogen) atoms. The molecule has 0 amide bonds. The van der Waals surface area contributed by atoms with Crippen LogP contribution in [0.3, 0.4) is 0 Å². The number of aliphatic imine (C=N–C) groups is 2. The summed E-state index contributed by atoms with van der Waals surface area (Å²) in [4.78, 5) is 13.8. The van der Waals surface area contributed by atoms with Gasteiger partial charge < -0.3 is 4.84 Å². The second-order valence-electron chi connectivity index (χ2n) is 4.69. The van der Waals surface area contributed by atoms with Gasteiger partial charge >= 0.3 is 0 Å². The van der Waals surface area contributed by atoms with Crippen molar-refractivity contribution >= 4 is 17.4 Å². The first kappa shape index (κ1) is 15.7. The van der Waals surface area contributed by atoms with Crippen molar-refractivity contribution < 1.29 is 4.84 Å². The summed E-state index contributed by atoms with van der Waals surface area (Å²) in [6.45, 7) is 5.97. The van der Waals surface area contributed by atoms with E-state index in [0.29, 0.717) is 24.7 Å². The van der Waals surface area contributed by atoms with Crippen LogP contribution in [0.2, 0.25) is 0 Å². The van der Waals surface area contributed by atoms with Crippen LogP contribution in [0.25, 0.3) is 0 Å². The third-order valence-electron chi connectivity index (χ3n) is 2.80. The number of nitrogens with zero attached hydrogens (tertiary/aromatic N) is 3. The van der Waals surface area contributed by atoms with Crippen molar-refractivity contribution in [2.45, 2.75) is 13.3 Å². The number of guanidine groups is 1. The van der Waals surface area contributed by atoms with Crippen LogP contribution in [-0.4, -0.2) is 23.9 Å². The fourth-order valence-electron chi connectivity index (χ4n) is 1.84. The highest BCUT2D eigenvalue weighted by molar-refractivity contribution is 6.18. The molecular weight excluding hydrogens is 278 g/mol. The van der Waals surface area contributed by atoms with Gasteiger partial charge in [0.15, 0.2) is 0 Å². The number of hydrogen-bond acceptors (Lipinski definition) is 6. The summed E-state index contributed by atoms with van der Waals surface area (Å²) in [6.07, 6.45) is 4.33. The number of hydrazine groups is 1. The number of benzene rings is 1. The Balaban J connectivity index is 2.27. The third-order valence-corrected chi connectivity index (χ3v) is 2.80. The summed E-state index contributed by atoms with van der Waals surface area (Å²) in [5.74, 6) is 6.32. The molecule has 0 aromatic heterocycles. The molecule has 1 aliphatic rings. The highest BCUT2D eigenvalue weighted by Crippen LogP contribution is 2.09. The van der Waals surface area contributed by atoms with Crippen molar-refractivity contribution in [1.82, 2.24) is 5.43 Å². The number of allylic oxidation sites excluding steroid dienone is 2. The second-order valence-corrected chi connectivity index (χ2v) is 4.69. The molecule has 0 atom stereocenters. The van der Waals surface area contributed by atoms with Crippen LogP contribution >= 0.6 is 0 Å². The van der Waals surface area contributed by atoms with E-state index in [1.165, 1.54) is 0 Å². The molecule has 114 valence electrons. The standard InChI is InChI=1S/C16H19N5O/c1-12(2)22-21-15(13-7-4-3-5-8-13)11-14-9-6-10-18-16(19-14)20-17/h3-9H,1,10-11,17H2,2H3,(H,18,20)/b21-15+. The first-order valence-electron chi connectivity index (χ1n) is 6.89. The summed E-state index contributed by atoms with van der Waals surface area (Å²) < 4.78 is 0. The van der Waals surface area contributed by atoms with Gasteiger partial charge in [-0.05, 0) is 18.6 Å². The van der Waals surface area contributed by atoms with E-state index in [9.17, 15) is 0 Å². The second kappa shape index (κ2) is 7.90. The van der Waals surface area contributed by atoms with Gasteiger partial charge in [0.25, 0.3) is 0 Å². The molecule has 3 N–H and O–H groups in total. The van der Waals surface area contributed by atoms with Gasteiger partial charge in [0.05, 0.1) is 18.0 Å². The maximum atomic E-state index is 5.39.